The molecule has 0 aromatic heterocycles. The van der Waals surface area contributed by atoms with Gasteiger partial charge in [-0.25, -0.2) is 0 Å². The molecule has 2 nitrogen and oxygen atoms in total. The van der Waals surface area contributed by atoms with Crippen LogP contribution < -0.4 is 0 Å². The molecule has 50 valence electrons. The molecular formula is C6H8BrNO. The maximum absolute atomic E-state index is 9.00. The van der Waals surface area contributed by atoms with Gasteiger partial charge >= 0.3 is 0 Å². The molecule has 0 spiro atoms. The molecule has 1 rings (SSSR count). The summed E-state index contributed by atoms with van der Waals surface area (Å²) in [5.74, 6) is 0.311. The van der Waals surface area contributed by atoms with Gasteiger partial charge in [-0.1, -0.05) is 15.9 Å². The number of aliphatic imine (C=N–C) groups is 1. The highest BCUT2D eigenvalue weighted by molar-refractivity contribution is 9.09. The van der Waals surface area contributed by atoms with Crippen molar-refractivity contribution >= 4 is 21.6 Å². The molecule has 0 amide bonds. The molecule has 0 bridgehead atoms. The Morgan fingerprint density at radius 1 is 1.89 bits per heavy atom. The van der Waals surface area contributed by atoms with Gasteiger partial charge in [-0.05, 0) is 13.0 Å². The SMILES string of the molecule is CC1=NC(Br)CC=C1O. The van der Waals surface area contributed by atoms with E-state index in [2.05, 4.69) is 20.9 Å². The highest BCUT2D eigenvalue weighted by Gasteiger charge is 2.08. The van der Waals surface area contributed by atoms with Crippen LogP contribution in [0.3, 0.4) is 0 Å². The third kappa shape index (κ3) is 1.55. The lowest BCUT2D eigenvalue weighted by molar-refractivity contribution is 0.436. The standard InChI is InChI=1S/C6H8BrNO/c1-4-5(9)2-3-6(7)8-4/h2,6,9H,3H2,1H3. The quantitative estimate of drug-likeness (QED) is 0.459. The van der Waals surface area contributed by atoms with Crippen LogP contribution in [0.25, 0.3) is 0 Å². The summed E-state index contributed by atoms with van der Waals surface area (Å²) in [6.45, 7) is 1.79. The van der Waals surface area contributed by atoms with E-state index >= 15 is 0 Å². The molecule has 0 fully saturated rings. The third-order valence-corrected chi connectivity index (χ3v) is 1.79. The average molecular weight is 190 g/mol. The minimum atomic E-state index is 0.161. The summed E-state index contributed by atoms with van der Waals surface area (Å²) >= 11 is 3.31. The first-order valence-electron chi connectivity index (χ1n) is 2.78. The number of dihydropyridines is 1. The van der Waals surface area contributed by atoms with Crippen LogP contribution in [-0.4, -0.2) is 15.8 Å². The lowest BCUT2D eigenvalue weighted by Gasteiger charge is -2.09. The summed E-state index contributed by atoms with van der Waals surface area (Å²) in [6.07, 6.45) is 2.55. The Bertz CT molecular complexity index is 174. The number of rotatable bonds is 0. The Kier molecular flexibility index (Phi) is 1.90. The van der Waals surface area contributed by atoms with E-state index in [1.54, 1.807) is 13.0 Å². The van der Waals surface area contributed by atoms with Gasteiger partial charge in [0.05, 0.1) is 5.71 Å². The highest BCUT2D eigenvalue weighted by atomic mass is 79.9. The maximum Gasteiger partial charge on any atom is 0.132 e. The zero-order valence-corrected chi connectivity index (χ0v) is 6.72. The lowest BCUT2D eigenvalue weighted by atomic mass is 10.2. The number of aliphatic hydroxyl groups is 1. The summed E-state index contributed by atoms with van der Waals surface area (Å²) < 4.78 is 0. The molecular weight excluding hydrogens is 182 g/mol. The summed E-state index contributed by atoms with van der Waals surface area (Å²) in [5, 5.41) is 9.00. The normalized spacial score (nSPS) is 27.1. The smallest absolute Gasteiger partial charge is 0.132 e. The van der Waals surface area contributed by atoms with E-state index in [0.717, 1.165) is 6.42 Å². The van der Waals surface area contributed by atoms with E-state index in [0.29, 0.717) is 11.5 Å². The minimum Gasteiger partial charge on any atom is -0.506 e. The molecule has 0 saturated carbocycles. The van der Waals surface area contributed by atoms with Crippen molar-refractivity contribution in [2.75, 3.05) is 0 Å². The van der Waals surface area contributed by atoms with Gasteiger partial charge in [0.15, 0.2) is 0 Å². The van der Waals surface area contributed by atoms with Crippen LogP contribution in [0.2, 0.25) is 0 Å². The van der Waals surface area contributed by atoms with E-state index in [9.17, 15) is 0 Å². The Morgan fingerprint density at radius 2 is 2.56 bits per heavy atom. The summed E-state index contributed by atoms with van der Waals surface area (Å²) in [4.78, 5) is 4.24. The molecule has 3 heteroatoms. The maximum atomic E-state index is 9.00. The fourth-order valence-electron chi connectivity index (χ4n) is 0.686. The Labute approximate surface area is 62.4 Å². The number of hydrogen-bond acceptors (Lipinski definition) is 2. The van der Waals surface area contributed by atoms with Crippen molar-refractivity contribution < 1.29 is 5.11 Å². The van der Waals surface area contributed by atoms with Gasteiger partial charge in [0.25, 0.3) is 0 Å². The topological polar surface area (TPSA) is 32.6 Å². The van der Waals surface area contributed by atoms with E-state index in [1.165, 1.54) is 0 Å². The van der Waals surface area contributed by atoms with Crippen LogP contribution in [0.5, 0.6) is 0 Å². The summed E-state index contributed by atoms with van der Waals surface area (Å²) in [7, 11) is 0. The van der Waals surface area contributed by atoms with Gasteiger partial charge < -0.3 is 5.11 Å². The van der Waals surface area contributed by atoms with Crippen LogP contribution in [0.15, 0.2) is 16.8 Å². The zero-order chi connectivity index (χ0) is 6.85. The second-order valence-corrected chi connectivity index (χ2v) is 3.03. The number of alkyl halides is 1. The van der Waals surface area contributed by atoms with Crippen molar-refractivity contribution in [3.8, 4) is 0 Å². The predicted octanol–water partition coefficient (Wildman–Crippen LogP) is 2.01. The van der Waals surface area contributed by atoms with Gasteiger partial charge in [0, 0.05) is 6.42 Å². The van der Waals surface area contributed by atoms with Crippen molar-refractivity contribution in [2.45, 2.75) is 18.3 Å². The molecule has 9 heavy (non-hydrogen) atoms. The van der Waals surface area contributed by atoms with Crippen LogP contribution >= 0.6 is 15.9 Å². The van der Waals surface area contributed by atoms with Gasteiger partial charge in [-0.15, -0.1) is 0 Å². The van der Waals surface area contributed by atoms with Crippen molar-refractivity contribution in [2.24, 2.45) is 4.99 Å². The number of nitrogens with zero attached hydrogens (tertiary/aromatic N) is 1. The van der Waals surface area contributed by atoms with E-state index < -0.39 is 0 Å². The van der Waals surface area contributed by atoms with E-state index in [-0.39, 0.29) is 4.95 Å². The van der Waals surface area contributed by atoms with Crippen LogP contribution in [0, 0.1) is 0 Å². The van der Waals surface area contributed by atoms with Crippen LogP contribution in [-0.2, 0) is 0 Å². The molecule has 1 aliphatic heterocycles. The molecule has 1 N–H and O–H groups in total. The van der Waals surface area contributed by atoms with E-state index in [4.69, 9.17) is 5.11 Å². The highest BCUT2D eigenvalue weighted by Crippen LogP contribution is 2.15. The fraction of sp³-hybridized carbons (Fsp3) is 0.500. The molecule has 0 aromatic rings. The zero-order valence-electron chi connectivity index (χ0n) is 5.13. The molecule has 1 aliphatic rings. The second-order valence-electron chi connectivity index (χ2n) is 1.97. The molecule has 1 unspecified atom stereocenters. The summed E-state index contributed by atoms with van der Waals surface area (Å²) in [5.41, 5.74) is 0.711. The number of halogens is 1. The Morgan fingerprint density at radius 3 is 3.00 bits per heavy atom. The average Bonchev–Trinajstić information content (AvgIpc) is 1.80. The fourth-order valence-corrected chi connectivity index (χ4v) is 1.18. The first-order chi connectivity index (χ1) is 4.20. The first kappa shape index (κ1) is 6.81. The minimum absolute atomic E-state index is 0.161. The van der Waals surface area contributed by atoms with Crippen molar-refractivity contribution in [3.63, 3.8) is 0 Å². The molecule has 0 saturated heterocycles. The largest absolute Gasteiger partial charge is 0.506 e. The lowest BCUT2D eigenvalue weighted by Crippen LogP contribution is -2.07. The molecule has 0 aromatic carbocycles. The van der Waals surface area contributed by atoms with Crippen molar-refractivity contribution in [3.05, 3.63) is 11.8 Å². The molecule has 1 atom stereocenters. The van der Waals surface area contributed by atoms with Crippen molar-refractivity contribution in [1.82, 2.24) is 0 Å². The van der Waals surface area contributed by atoms with Crippen LogP contribution in [0.1, 0.15) is 13.3 Å². The van der Waals surface area contributed by atoms with Crippen molar-refractivity contribution in [1.29, 1.82) is 0 Å². The van der Waals surface area contributed by atoms with E-state index in [1.807, 2.05) is 0 Å². The number of hydrogen-bond donors (Lipinski definition) is 1. The second kappa shape index (κ2) is 2.52. The first-order valence-corrected chi connectivity index (χ1v) is 3.69. The Hall–Kier alpha value is -0.310. The van der Waals surface area contributed by atoms with Gasteiger partial charge in [0.2, 0.25) is 0 Å². The molecule has 1 heterocycles. The summed E-state index contributed by atoms with van der Waals surface area (Å²) in [6, 6.07) is 0. The van der Waals surface area contributed by atoms with Gasteiger partial charge in [0.1, 0.15) is 10.7 Å². The number of aliphatic hydroxyl groups excluding tert-OH is 1. The Balaban J connectivity index is 2.75. The van der Waals surface area contributed by atoms with Gasteiger partial charge in [-0.2, -0.15) is 0 Å². The third-order valence-electron chi connectivity index (χ3n) is 1.21. The number of allylic oxidation sites excluding steroid dienone is 1. The van der Waals surface area contributed by atoms with Gasteiger partial charge in [-0.3, -0.25) is 4.99 Å². The van der Waals surface area contributed by atoms with Crippen LogP contribution in [0.4, 0.5) is 0 Å². The molecule has 0 aliphatic carbocycles. The molecule has 0 radical (unpaired) electrons. The monoisotopic (exact) mass is 189 g/mol. The predicted molar refractivity (Wildman–Crippen MR) is 41.2 cm³/mol.